The summed E-state index contributed by atoms with van der Waals surface area (Å²) in [6.07, 6.45) is 3.40. The average Bonchev–Trinajstić information content (AvgIpc) is 3.36. The second kappa shape index (κ2) is 9.95. The highest BCUT2D eigenvalue weighted by Crippen LogP contribution is 2.32. The van der Waals surface area contributed by atoms with Gasteiger partial charge < -0.3 is 10.1 Å². The van der Waals surface area contributed by atoms with Gasteiger partial charge in [0.2, 0.25) is 0 Å². The minimum atomic E-state index is -0.406. The fraction of sp³-hybridized carbons (Fsp3) is 0.0952. The van der Waals surface area contributed by atoms with E-state index in [2.05, 4.69) is 31.4 Å². The van der Waals surface area contributed by atoms with Gasteiger partial charge in [0.15, 0.2) is 24.0 Å². The van der Waals surface area contributed by atoms with Crippen LogP contribution < -0.4 is 10.1 Å². The smallest absolute Gasteiger partial charge is 0.277 e. The zero-order valence-electron chi connectivity index (χ0n) is 16.3. The number of amides is 1. The Morgan fingerprint density at radius 2 is 1.72 bits per heavy atom. The number of carbonyl (C=O) groups is 1. The molecular formula is C21H15BrCl3N5O2. The Morgan fingerprint density at radius 1 is 1.00 bits per heavy atom. The van der Waals surface area contributed by atoms with Crippen LogP contribution in [-0.2, 0) is 13.3 Å². The number of para-hydroxylation sites is 1. The van der Waals surface area contributed by atoms with Crippen LogP contribution in [0.2, 0.25) is 15.1 Å². The first kappa shape index (κ1) is 22.7. The van der Waals surface area contributed by atoms with Gasteiger partial charge in [-0.15, -0.1) is 0 Å². The van der Waals surface area contributed by atoms with Gasteiger partial charge in [-0.05, 0) is 51.8 Å². The quantitative estimate of drug-likeness (QED) is 0.297. The molecule has 0 saturated heterocycles. The zero-order chi connectivity index (χ0) is 22.7. The molecule has 0 saturated carbocycles. The number of hydrogen-bond acceptors (Lipinski definition) is 4. The van der Waals surface area contributed by atoms with Gasteiger partial charge in [0, 0.05) is 17.4 Å². The van der Waals surface area contributed by atoms with Crippen LogP contribution in [-0.4, -0.2) is 25.5 Å². The van der Waals surface area contributed by atoms with Crippen molar-refractivity contribution in [3.05, 3.63) is 91.7 Å². The van der Waals surface area contributed by atoms with Crippen LogP contribution in [0.5, 0.6) is 5.75 Å². The van der Waals surface area contributed by atoms with E-state index in [0.29, 0.717) is 37.7 Å². The molecule has 1 N–H and O–H groups in total. The summed E-state index contributed by atoms with van der Waals surface area (Å²) in [6.45, 7) is 0.568. The molecule has 4 aromatic rings. The SMILES string of the molecule is O=C(Nc1nn(Cc2ccc(Cl)cc2)cc1Br)c1ccn(COc2c(Cl)cccc2Cl)n1. The van der Waals surface area contributed by atoms with Gasteiger partial charge in [0.1, 0.15) is 0 Å². The van der Waals surface area contributed by atoms with Gasteiger partial charge in [-0.1, -0.05) is 53.0 Å². The highest BCUT2D eigenvalue weighted by molar-refractivity contribution is 9.10. The van der Waals surface area contributed by atoms with Crippen molar-refractivity contribution in [2.75, 3.05) is 5.32 Å². The van der Waals surface area contributed by atoms with Crippen molar-refractivity contribution >= 4 is 62.5 Å². The van der Waals surface area contributed by atoms with Crippen LogP contribution in [0.25, 0.3) is 0 Å². The van der Waals surface area contributed by atoms with Gasteiger partial charge in [-0.3, -0.25) is 9.48 Å². The second-order valence-corrected chi connectivity index (χ2v) is 8.77. The average molecular weight is 556 g/mol. The van der Waals surface area contributed by atoms with E-state index in [1.165, 1.54) is 4.68 Å². The molecule has 2 aromatic heterocycles. The first-order chi connectivity index (χ1) is 15.4. The molecule has 0 aliphatic carbocycles. The Hall–Kier alpha value is -2.52. The number of halogens is 4. The number of ether oxygens (including phenoxy) is 1. The first-order valence-corrected chi connectivity index (χ1v) is 11.2. The minimum Gasteiger partial charge on any atom is -0.468 e. The molecule has 0 aliphatic rings. The molecule has 164 valence electrons. The Morgan fingerprint density at radius 3 is 2.44 bits per heavy atom. The second-order valence-electron chi connectivity index (χ2n) is 6.67. The maximum Gasteiger partial charge on any atom is 0.277 e. The summed E-state index contributed by atoms with van der Waals surface area (Å²) in [6, 6.07) is 14.1. The number of hydrogen-bond donors (Lipinski definition) is 1. The molecule has 4 rings (SSSR count). The van der Waals surface area contributed by atoms with Gasteiger partial charge in [-0.2, -0.15) is 10.2 Å². The number of carbonyl (C=O) groups excluding carboxylic acids is 1. The maximum atomic E-state index is 12.6. The molecule has 0 aliphatic heterocycles. The van der Waals surface area contributed by atoms with Gasteiger partial charge >= 0.3 is 0 Å². The fourth-order valence-electron chi connectivity index (χ4n) is 2.82. The molecule has 0 fully saturated rings. The van der Waals surface area contributed by atoms with Crippen LogP contribution in [0, 0.1) is 0 Å². The molecule has 32 heavy (non-hydrogen) atoms. The third-order valence-electron chi connectivity index (χ3n) is 4.34. The van der Waals surface area contributed by atoms with E-state index in [9.17, 15) is 4.79 Å². The Bertz CT molecular complexity index is 1240. The van der Waals surface area contributed by atoms with E-state index in [0.717, 1.165) is 5.56 Å². The van der Waals surface area contributed by atoms with Crippen molar-refractivity contribution in [2.24, 2.45) is 0 Å². The third kappa shape index (κ3) is 5.45. The summed E-state index contributed by atoms with van der Waals surface area (Å²) < 4.78 is 9.45. The minimum absolute atomic E-state index is 0.0378. The highest BCUT2D eigenvalue weighted by Gasteiger charge is 2.15. The van der Waals surface area contributed by atoms with Gasteiger partial charge in [-0.25, -0.2) is 4.68 Å². The predicted molar refractivity (Wildman–Crippen MR) is 128 cm³/mol. The summed E-state index contributed by atoms with van der Waals surface area (Å²) in [5, 5.41) is 12.8. The van der Waals surface area contributed by atoms with Crippen LogP contribution in [0.1, 0.15) is 16.1 Å². The lowest BCUT2D eigenvalue weighted by atomic mass is 10.2. The maximum absolute atomic E-state index is 12.6. The van der Waals surface area contributed by atoms with Gasteiger partial charge in [0.05, 0.1) is 21.1 Å². The normalized spacial score (nSPS) is 10.9. The molecule has 0 bridgehead atoms. The molecule has 0 spiro atoms. The van der Waals surface area contributed by atoms with Crippen LogP contribution in [0.3, 0.4) is 0 Å². The fourth-order valence-corrected chi connectivity index (χ4v) is 3.86. The molecular weight excluding hydrogens is 541 g/mol. The summed E-state index contributed by atoms with van der Waals surface area (Å²) in [4.78, 5) is 12.6. The van der Waals surface area contributed by atoms with Crippen LogP contribution in [0.4, 0.5) is 5.82 Å². The van der Waals surface area contributed by atoms with Crippen LogP contribution in [0.15, 0.2) is 65.4 Å². The standard InChI is InChI=1S/C21H15BrCl3N5O2/c22-15-11-30(10-13-4-6-14(23)7-5-13)28-20(15)26-21(31)18-8-9-29(27-18)12-32-19-16(24)2-1-3-17(19)25/h1-9,11H,10,12H2,(H,26,28,31). The van der Waals surface area contributed by atoms with Crippen molar-refractivity contribution in [1.29, 1.82) is 0 Å². The third-order valence-corrected chi connectivity index (χ3v) is 5.77. The lowest BCUT2D eigenvalue weighted by Gasteiger charge is -2.09. The Kier molecular flexibility index (Phi) is 7.05. The number of benzene rings is 2. The molecule has 0 radical (unpaired) electrons. The summed E-state index contributed by atoms with van der Waals surface area (Å²) in [5.41, 5.74) is 1.23. The van der Waals surface area contributed by atoms with E-state index in [4.69, 9.17) is 39.5 Å². The Labute approximate surface area is 207 Å². The molecule has 1 amide bonds. The lowest BCUT2D eigenvalue weighted by molar-refractivity contribution is 0.101. The Balaban J connectivity index is 1.39. The van der Waals surface area contributed by atoms with E-state index in [1.54, 1.807) is 41.3 Å². The highest BCUT2D eigenvalue weighted by atomic mass is 79.9. The van der Waals surface area contributed by atoms with Crippen molar-refractivity contribution in [1.82, 2.24) is 19.6 Å². The van der Waals surface area contributed by atoms with Crippen molar-refractivity contribution in [2.45, 2.75) is 13.3 Å². The molecule has 0 unspecified atom stereocenters. The molecule has 2 heterocycles. The van der Waals surface area contributed by atoms with Crippen molar-refractivity contribution in [3.8, 4) is 5.75 Å². The number of anilines is 1. The lowest BCUT2D eigenvalue weighted by Crippen LogP contribution is -2.15. The van der Waals surface area contributed by atoms with Crippen molar-refractivity contribution in [3.63, 3.8) is 0 Å². The number of nitrogens with zero attached hydrogens (tertiary/aromatic N) is 4. The van der Waals surface area contributed by atoms with E-state index < -0.39 is 5.91 Å². The number of aromatic nitrogens is 4. The monoisotopic (exact) mass is 553 g/mol. The largest absolute Gasteiger partial charge is 0.468 e. The number of rotatable bonds is 7. The van der Waals surface area contributed by atoms with Crippen molar-refractivity contribution < 1.29 is 9.53 Å². The zero-order valence-corrected chi connectivity index (χ0v) is 20.2. The van der Waals surface area contributed by atoms with Gasteiger partial charge in [0.25, 0.3) is 5.91 Å². The summed E-state index contributed by atoms with van der Waals surface area (Å²) in [5.74, 6) is 0.335. The van der Waals surface area contributed by atoms with E-state index in [-0.39, 0.29) is 12.4 Å². The molecule has 0 atom stereocenters. The predicted octanol–water partition coefficient (Wildman–Crippen LogP) is 6.14. The molecule has 2 aromatic carbocycles. The molecule has 7 nitrogen and oxygen atoms in total. The number of nitrogens with one attached hydrogen (secondary N) is 1. The van der Waals surface area contributed by atoms with Crippen LogP contribution >= 0.6 is 50.7 Å². The molecule has 11 heteroatoms. The van der Waals surface area contributed by atoms with E-state index in [1.807, 2.05) is 24.3 Å². The summed E-state index contributed by atoms with van der Waals surface area (Å²) >= 11 is 21.5. The van der Waals surface area contributed by atoms with E-state index >= 15 is 0 Å². The topological polar surface area (TPSA) is 74.0 Å². The summed E-state index contributed by atoms with van der Waals surface area (Å²) in [7, 11) is 0. The first-order valence-electron chi connectivity index (χ1n) is 9.28.